The SMILES string of the molecule is CCCC1(C(=O)O)CCN(Cc2ncc(Cl)s2)CC1. The summed E-state index contributed by atoms with van der Waals surface area (Å²) in [4.78, 5) is 18.0. The fraction of sp³-hybridized carbons (Fsp3) is 0.692. The number of aliphatic carboxylic acids is 1. The van der Waals surface area contributed by atoms with E-state index in [9.17, 15) is 9.90 Å². The van der Waals surface area contributed by atoms with Crippen molar-refractivity contribution in [2.24, 2.45) is 5.41 Å². The van der Waals surface area contributed by atoms with Crippen LogP contribution in [0.2, 0.25) is 4.34 Å². The molecule has 0 unspecified atom stereocenters. The Morgan fingerprint density at radius 2 is 2.26 bits per heavy atom. The number of hydrogen-bond acceptors (Lipinski definition) is 4. The van der Waals surface area contributed by atoms with E-state index in [1.807, 2.05) is 0 Å². The summed E-state index contributed by atoms with van der Waals surface area (Å²) in [5, 5.41) is 10.5. The highest BCUT2D eigenvalue weighted by Crippen LogP contribution is 2.37. The molecule has 4 nitrogen and oxygen atoms in total. The maximum Gasteiger partial charge on any atom is 0.309 e. The Labute approximate surface area is 122 Å². The number of rotatable bonds is 5. The molecule has 1 aromatic heterocycles. The Kier molecular flexibility index (Phi) is 4.81. The molecule has 19 heavy (non-hydrogen) atoms. The van der Waals surface area contributed by atoms with E-state index in [1.165, 1.54) is 11.3 Å². The van der Waals surface area contributed by atoms with Crippen molar-refractivity contribution in [1.29, 1.82) is 0 Å². The van der Waals surface area contributed by atoms with E-state index in [4.69, 9.17) is 11.6 Å². The van der Waals surface area contributed by atoms with Crippen LogP contribution in [0.5, 0.6) is 0 Å². The number of thiazole rings is 1. The third kappa shape index (κ3) is 3.46. The Morgan fingerprint density at radius 1 is 1.58 bits per heavy atom. The summed E-state index contributed by atoms with van der Waals surface area (Å²) < 4.78 is 0.706. The van der Waals surface area contributed by atoms with Crippen molar-refractivity contribution in [2.45, 2.75) is 39.2 Å². The largest absolute Gasteiger partial charge is 0.481 e. The van der Waals surface area contributed by atoms with Gasteiger partial charge in [0.15, 0.2) is 0 Å². The van der Waals surface area contributed by atoms with Gasteiger partial charge in [0.05, 0.1) is 18.2 Å². The fourth-order valence-electron chi connectivity index (χ4n) is 2.74. The van der Waals surface area contributed by atoms with E-state index in [1.54, 1.807) is 6.20 Å². The number of hydrogen-bond donors (Lipinski definition) is 1. The predicted molar refractivity (Wildman–Crippen MR) is 76.6 cm³/mol. The number of halogens is 1. The predicted octanol–water partition coefficient (Wildman–Crippen LogP) is 3.26. The van der Waals surface area contributed by atoms with E-state index in [0.29, 0.717) is 4.34 Å². The van der Waals surface area contributed by atoms with Crippen LogP contribution in [-0.2, 0) is 11.3 Å². The number of aromatic nitrogens is 1. The molecule has 0 aliphatic carbocycles. The van der Waals surface area contributed by atoms with E-state index in [2.05, 4.69) is 16.8 Å². The van der Waals surface area contributed by atoms with Gasteiger partial charge in [-0.05, 0) is 32.4 Å². The van der Waals surface area contributed by atoms with Crippen molar-refractivity contribution in [2.75, 3.05) is 13.1 Å². The lowest BCUT2D eigenvalue weighted by Gasteiger charge is -2.38. The van der Waals surface area contributed by atoms with Gasteiger partial charge in [-0.1, -0.05) is 24.9 Å². The number of carbonyl (C=O) groups is 1. The van der Waals surface area contributed by atoms with Crippen molar-refractivity contribution in [3.05, 3.63) is 15.5 Å². The van der Waals surface area contributed by atoms with Crippen molar-refractivity contribution in [3.63, 3.8) is 0 Å². The number of nitrogens with zero attached hydrogens (tertiary/aromatic N) is 2. The minimum Gasteiger partial charge on any atom is -0.481 e. The van der Waals surface area contributed by atoms with Crippen molar-refractivity contribution in [1.82, 2.24) is 9.88 Å². The number of carboxylic acid groups (broad SMARTS) is 1. The number of piperidine rings is 1. The van der Waals surface area contributed by atoms with Gasteiger partial charge in [-0.3, -0.25) is 9.69 Å². The van der Waals surface area contributed by atoms with Gasteiger partial charge in [0, 0.05) is 0 Å². The maximum absolute atomic E-state index is 11.5. The lowest BCUT2D eigenvalue weighted by molar-refractivity contribution is -0.152. The molecule has 0 bridgehead atoms. The first-order chi connectivity index (χ1) is 9.05. The zero-order chi connectivity index (χ0) is 13.9. The van der Waals surface area contributed by atoms with Gasteiger partial charge in [-0.15, -0.1) is 11.3 Å². The average molecular weight is 303 g/mol. The van der Waals surface area contributed by atoms with Crippen LogP contribution in [0.25, 0.3) is 0 Å². The average Bonchev–Trinajstić information content (AvgIpc) is 2.77. The van der Waals surface area contributed by atoms with E-state index in [0.717, 1.165) is 50.3 Å². The molecule has 1 aliphatic heterocycles. The van der Waals surface area contributed by atoms with Crippen LogP contribution in [0.15, 0.2) is 6.20 Å². The fourth-order valence-corrected chi connectivity index (χ4v) is 3.74. The van der Waals surface area contributed by atoms with Crippen molar-refractivity contribution < 1.29 is 9.90 Å². The van der Waals surface area contributed by atoms with Crippen LogP contribution in [0, 0.1) is 5.41 Å². The molecular weight excluding hydrogens is 284 g/mol. The van der Waals surface area contributed by atoms with Gasteiger partial charge in [0.2, 0.25) is 0 Å². The van der Waals surface area contributed by atoms with E-state index >= 15 is 0 Å². The molecule has 106 valence electrons. The van der Waals surface area contributed by atoms with Crippen molar-refractivity contribution in [3.8, 4) is 0 Å². The zero-order valence-corrected chi connectivity index (χ0v) is 12.6. The van der Waals surface area contributed by atoms with Crippen LogP contribution in [0.4, 0.5) is 0 Å². The Morgan fingerprint density at radius 3 is 2.74 bits per heavy atom. The molecule has 0 aromatic carbocycles. The second-order valence-electron chi connectivity index (χ2n) is 5.17. The maximum atomic E-state index is 11.5. The van der Waals surface area contributed by atoms with Gasteiger partial charge in [0.1, 0.15) is 9.34 Å². The molecule has 1 aromatic rings. The Bertz CT molecular complexity index is 442. The van der Waals surface area contributed by atoms with E-state index < -0.39 is 11.4 Å². The van der Waals surface area contributed by atoms with Gasteiger partial charge < -0.3 is 5.11 Å². The van der Waals surface area contributed by atoms with Gasteiger partial charge in [-0.25, -0.2) is 4.98 Å². The lowest BCUT2D eigenvalue weighted by Crippen LogP contribution is -2.44. The Balaban J connectivity index is 1.92. The summed E-state index contributed by atoms with van der Waals surface area (Å²) in [5.41, 5.74) is -0.508. The standard InChI is InChI=1S/C13H19ClN2O2S/c1-2-3-13(12(17)18)4-6-16(7-5-13)9-11-15-8-10(14)19-11/h8H,2-7,9H2,1H3,(H,17,18). The summed E-state index contributed by atoms with van der Waals surface area (Å²) in [7, 11) is 0. The Hall–Kier alpha value is -0.650. The second kappa shape index (κ2) is 6.20. The van der Waals surface area contributed by atoms with Crippen LogP contribution in [0.3, 0.4) is 0 Å². The molecule has 2 heterocycles. The molecule has 1 fully saturated rings. The molecule has 1 saturated heterocycles. The summed E-state index contributed by atoms with van der Waals surface area (Å²) in [5.74, 6) is -0.633. The first-order valence-electron chi connectivity index (χ1n) is 6.62. The van der Waals surface area contributed by atoms with Crippen LogP contribution >= 0.6 is 22.9 Å². The molecule has 0 radical (unpaired) electrons. The first-order valence-corrected chi connectivity index (χ1v) is 7.81. The second-order valence-corrected chi connectivity index (χ2v) is 6.92. The minimum absolute atomic E-state index is 0.508. The van der Waals surface area contributed by atoms with E-state index in [-0.39, 0.29) is 0 Å². The third-order valence-electron chi connectivity index (χ3n) is 3.88. The number of carboxylic acids is 1. The van der Waals surface area contributed by atoms with Gasteiger partial charge >= 0.3 is 5.97 Å². The molecule has 0 atom stereocenters. The third-order valence-corrected chi connectivity index (χ3v) is 4.98. The van der Waals surface area contributed by atoms with Crippen LogP contribution in [0.1, 0.15) is 37.6 Å². The van der Waals surface area contributed by atoms with Gasteiger partial charge in [-0.2, -0.15) is 0 Å². The summed E-state index contributed by atoms with van der Waals surface area (Å²) >= 11 is 7.36. The van der Waals surface area contributed by atoms with Crippen LogP contribution in [-0.4, -0.2) is 34.0 Å². The highest BCUT2D eigenvalue weighted by molar-refractivity contribution is 7.15. The molecular formula is C13H19ClN2O2S. The molecule has 2 rings (SSSR count). The van der Waals surface area contributed by atoms with Gasteiger partial charge in [0.25, 0.3) is 0 Å². The number of likely N-dealkylation sites (tertiary alicyclic amines) is 1. The van der Waals surface area contributed by atoms with Crippen molar-refractivity contribution >= 4 is 28.9 Å². The molecule has 0 saturated carbocycles. The molecule has 0 amide bonds. The highest BCUT2D eigenvalue weighted by atomic mass is 35.5. The molecule has 1 N–H and O–H groups in total. The summed E-state index contributed by atoms with van der Waals surface area (Å²) in [6.45, 7) is 4.47. The summed E-state index contributed by atoms with van der Waals surface area (Å²) in [6, 6.07) is 0. The normalized spacial score (nSPS) is 19.5. The highest BCUT2D eigenvalue weighted by Gasteiger charge is 2.40. The first kappa shape index (κ1) is 14.8. The minimum atomic E-state index is -0.633. The quantitative estimate of drug-likeness (QED) is 0.907. The van der Waals surface area contributed by atoms with Crippen LogP contribution < -0.4 is 0 Å². The zero-order valence-electron chi connectivity index (χ0n) is 11.1. The molecule has 1 aliphatic rings. The molecule has 6 heteroatoms. The monoisotopic (exact) mass is 302 g/mol. The molecule has 0 spiro atoms. The topological polar surface area (TPSA) is 53.4 Å². The lowest BCUT2D eigenvalue weighted by atomic mass is 9.75. The summed E-state index contributed by atoms with van der Waals surface area (Å²) in [6.07, 6.45) is 4.84. The smallest absolute Gasteiger partial charge is 0.309 e.